The van der Waals surface area contributed by atoms with Gasteiger partial charge in [-0.1, -0.05) is 0 Å². The van der Waals surface area contributed by atoms with Gasteiger partial charge in [-0.05, 0) is 38.8 Å². The molecule has 1 heterocycles. The molecular weight excluding hydrogens is 194 g/mol. The molecule has 15 heavy (non-hydrogen) atoms. The van der Waals surface area contributed by atoms with E-state index in [2.05, 4.69) is 4.90 Å². The molecule has 0 aromatic rings. The van der Waals surface area contributed by atoms with Gasteiger partial charge in [-0.15, -0.1) is 0 Å². The van der Waals surface area contributed by atoms with Crippen LogP contribution in [0, 0.1) is 5.92 Å². The first-order valence-electron chi connectivity index (χ1n) is 5.77. The quantitative estimate of drug-likeness (QED) is 0.662. The van der Waals surface area contributed by atoms with Crippen molar-refractivity contribution in [3.63, 3.8) is 0 Å². The molecule has 0 amide bonds. The van der Waals surface area contributed by atoms with E-state index in [0.29, 0.717) is 6.54 Å². The molecular formula is C11H23NO3. The maximum atomic E-state index is 9.25. The Labute approximate surface area is 91.8 Å². The highest BCUT2D eigenvalue weighted by molar-refractivity contribution is 4.67. The molecule has 1 saturated heterocycles. The van der Waals surface area contributed by atoms with Crippen LogP contribution in [0.5, 0.6) is 0 Å². The molecule has 1 fully saturated rings. The molecule has 0 aliphatic carbocycles. The fraction of sp³-hybridized carbons (Fsp3) is 1.00. The molecule has 0 radical (unpaired) electrons. The van der Waals surface area contributed by atoms with Gasteiger partial charge in [0.15, 0.2) is 0 Å². The number of hydrogen-bond acceptors (Lipinski definition) is 4. The lowest BCUT2D eigenvalue weighted by molar-refractivity contribution is 0.0501. The number of aliphatic hydroxyl groups is 2. The Balaban J connectivity index is 2.07. The minimum Gasteiger partial charge on any atom is -0.394 e. The molecule has 2 N–H and O–H groups in total. The van der Waals surface area contributed by atoms with Crippen molar-refractivity contribution in [2.24, 2.45) is 5.92 Å². The predicted octanol–water partition coefficient (Wildman–Crippen LogP) is 0.0881. The number of ether oxygens (including phenoxy) is 1. The summed E-state index contributed by atoms with van der Waals surface area (Å²) < 4.78 is 5.30. The highest BCUT2D eigenvalue weighted by atomic mass is 16.5. The van der Waals surface area contributed by atoms with Crippen molar-refractivity contribution in [1.29, 1.82) is 0 Å². The molecule has 4 nitrogen and oxygen atoms in total. The van der Waals surface area contributed by atoms with Crippen LogP contribution >= 0.6 is 0 Å². The highest BCUT2D eigenvalue weighted by Crippen LogP contribution is 2.18. The standard InChI is InChI=1S/C11H23NO3/c1-12(8-11(14)9-13)5-2-10-3-6-15-7-4-10/h10-11,13-14H,2-9H2,1H3. The first-order valence-corrected chi connectivity index (χ1v) is 5.77. The Bertz CT molecular complexity index is 160. The van der Waals surface area contributed by atoms with Gasteiger partial charge < -0.3 is 19.8 Å². The molecule has 0 aromatic carbocycles. The van der Waals surface area contributed by atoms with Crippen molar-refractivity contribution in [3.05, 3.63) is 0 Å². The van der Waals surface area contributed by atoms with Crippen LogP contribution in [0.2, 0.25) is 0 Å². The minimum atomic E-state index is -0.607. The zero-order chi connectivity index (χ0) is 11.1. The van der Waals surface area contributed by atoms with E-state index in [1.165, 1.54) is 0 Å². The molecule has 1 aliphatic rings. The van der Waals surface area contributed by atoms with Gasteiger partial charge in [0, 0.05) is 19.8 Å². The van der Waals surface area contributed by atoms with Crippen molar-refractivity contribution in [2.75, 3.05) is 40.0 Å². The lowest BCUT2D eigenvalue weighted by Gasteiger charge is -2.25. The second kappa shape index (κ2) is 7.17. The molecule has 0 aromatic heterocycles. The molecule has 0 bridgehead atoms. The lowest BCUT2D eigenvalue weighted by Crippen LogP contribution is -2.33. The third-order valence-corrected chi connectivity index (χ3v) is 2.99. The van der Waals surface area contributed by atoms with Gasteiger partial charge in [-0.2, -0.15) is 0 Å². The van der Waals surface area contributed by atoms with Crippen LogP contribution < -0.4 is 0 Å². The Morgan fingerprint density at radius 3 is 2.67 bits per heavy atom. The Morgan fingerprint density at radius 2 is 2.07 bits per heavy atom. The summed E-state index contributed by atoms with van der Waals surface area (Å²) in [5.74, 6) is 0.771. The largest absolute Gasteiger partial charge is 0.394 e. The molecule has 4 heteroatoms. The van der Waals surface area contributed by atoms with E-state index in [9.17, 15) is 5.11 Å². The van der Waals surface area contributed by atoms with Crippen molar-refractivity contribution in [3.8, 4) is 0 Å². The number of likely N-dealkylation sites (N-methyl/N-ethyl adjacent to an activating group) is 1. The van der Waals surface area contributed by atoms with Gasteiger partial charge >= 0.3 is 0 Å². The van der Waals surface area contributed by atoms with Crippen molar-refractivity contribution >= 4 is 0 Å². The normalized spacial score (nSPS) is 20.8. The maximum Gasteiger partial charge on any atom is 0.0897 e. The topological polar surface area (TPSA) is 52.9 Å². The number of rotatable bonds is 6. The predicted molar refractivity (Wildman–Crippen MR) is 58.7 cm³/mol. The van der Waals surface area contributed by atoms with E-state index in [1.54, 1.807) is 0 Å². The summed E-state index contributed by atoms with van der Waals surface area (Å²) in [5, 5.41) is 18.0. The maximum absolute atomic E-state index is 9.25. The monoisotopic (exact) mass is 217 g/mol. The van der Waals surface area contributed by atoms with Crippen LogP contribution in [0.15, 0.2) is 0 Å². The van der Waals surface area contributed by atoms with Crippen LogP contribution in [0.25, 0.3) is 0 Å². The molecule has 0 saturated carbocycles. The van der Waals surface area contributed by atoms with Gasteiger partial charge in [0.05, 0.1) is 12.7 Å². The number of hydrogen-bond donors (Lipinski definition) is 2. The number of aliphatic hydroxyl groups excluding tert-OH is 2. The van der Waals surface area contributed by atoms with Gasteiger partial charge in [0.2, 0.25) is 0 Å². The first-order chi connectivity index (χ1) is 7.22. The van der Waals surface area contributed by atoms with E-state index in [0.717, 1.165) is 44.9 Å². The smallest absolute Gasteiger partial charge is 0.0897 e. The van der Waals surface area contributed by atoms with Gasteiger partial charge in [-0.3, -0.25) is 0 Å². The molecule has 0 spiro atoms. The van der Waals surface area contributed by atoms with Crippen LogP contribution in [-0.2, 0) is 4.74 Å². The first kappa shape index (κ1) is 12.9. The Morgan fingerprint density at radius 1 is 1.40 bits per heavy atom. The third kappa shape index (κ3) is 5.47. The summed E-state index contributed by atoms with van der Waals surface area (Å²) >= 11 is 0. The average Bonchev–Trinajstić information content (AvgIpc) is 2.27. The van der Waals surface area contributed by atoms with Crippen LogP contribution in [0.1, 0.15) is 19.3 Å². The molecule has 1 aliphatic heterocycles. The summed E-state index contributed by atoms with van der Waals surface area (Å²) in [7, 11) is 1.98. The SMILES string of the molecule is CN(CCC1CCOCC1)CC(O)CO. The van der Waals surface area contributed by atoms with Crippen LogP contribution in [0.3, 0.4) is 0 Å². The van der Waals surface area contributed by atoms with Crippen LogP contribution in [-0.4, -0.2) is 61.2 Å². The zero-order valence-electron chi connectivity index (χ0n) is 9.56. The fourth-order valence-electron chi connectivity index (χ4n) is 1.95. The lowest BCUT2D eigenvalue weighted by atomic mass is 9.96. The van der Waals surface area contributed by atoms with Gasteiger partial charge in [0.1, 0.15) is 0 Å². The van der Waals surface area contributed by atoms with Crippen molar-refractivity contribution in [1.82, 2.24) is 4.90 Å². The average molecular weight is 217 g/mol. The summed E-state index contributed by atoms with van der Waals surface area (Å²) in [5.41, 5.74) is 0. The minimum absolute atomic E-state index is 0.151. The molecule has 1 atom stereocenters. The molecule has 1 unspecified atom stereocenters. The Kier molecular flexibility index (Phi) is 6.17. The van der Waals surface area contributed by atoms with Crippen molar-refractivity contribution < 1.29 is 14.9 Å². The summed E-state index contributed by atoms with van der Waals surface area (Å²) in [6.45, 7) is 3.18. The molecule has 90 valence electrons. The highest BCUT2D eigenvalue weighted by Gasteiger charge is 2.15. The fourth-order valence-corrected chi connectivity index (χ4v) is 1.95. The van der Waals surface area contributed by atoms with Crippen molar-refractivity contribution in [2.45, 2.75) is 25.4 Å². The van der Waals surface area contributed by atoms with Gasteiger partial charge in [-0.25, -0.2) is 0 Å². The zero-order valence-corrected chi connectivity index (χ0v) is 9.56. The van der Waals surface area contributed by atoms with Crippen LogP contribution in [0.4, 0.5) is 0 Å². The second-order valence-electron chi connectivity index (χ2n) is 4.44. The summed E-state index contributed by atoms with van der Waals surface area (Å²) in [6.07, 6.45) is 2.88. The van der Waals surface area contributed by atoms with E-state index in [1.807, 2.05) is 7.05 Å². The van der Waals surface area contributed by atoms with Gasteiger partial charge in [0.25, 0.3) is 0 Å². The Hall–Kier alpha value is -0.160. The number of nitrogens with zero attached hydrogens (tertiary/aromatic N) is 1. The van der Waals surface area contributed by atoms with E-state index < -0.39 is 6.10 Å². The second-order valence-corrected chi connectivity index (χ2v) is 4.44. The van der Waals surface area contributed by atoms with E-state index in [-0.39, 0.29) is 6.61 Å². The summed E-state index contributed by atoms with van der Waals surface area (Å²) in [4.78, 5) is 2.08. The van der Waals surface area contributed by atoms with E-state index in [4.69, 9.17) is 9.84 Å². The molecule has 1 rings (SSSR count). The summed E-state index contributed by atoms with van der Waals surface area (Å²) in [6, 6.07) is 0. The van der Waals surface area contributed by atoms with E-state index >= 15 is 0 Å². The third-order valence-electron chi connectivity index (χ3n) is 2.99.